The van der Waals surface area contributed by atoms with Gasteiger partial charge in [-0.05, 0) is 42.0 Å². The number of carbonyl (C=O) groups excluding carboxylic acids is 1. The third-order valence-electron chi connectivity index (χ3n) is 4.26. The van der Waals surface area contributed by atoms with Crippen LogP contribution in [0.2, 0.25) is 0 Å². The molecule has 0 radical (unpaired) electrons. The number of hydrogen-bond donors (Lipinski definition) is 2. The van der Waals surface area contributed by atoms with Crippen molar-refractivity contribution in [2.24, 2.45) is 5.92 Å². The topological polar surface area (TPSA) is 75.6 Å². The lowest BCUT2D eigenvalue weighted by Gasteiger charge is -2.17. The summed E-state index contributed by atoms with van der Waals surface area (Å²) >= 11 is 0. The van der Waals surface area contributed by atoms with Crippen LogP contribution in [0.25, 0.3) is 0 Å². The second-order valence-corrected chi connectivity index (χ2v) is 6.27. The van der Waals surface area contributed by atoms with Gasteiger partial charge in [0.2, 0.25) is 5.91 Å². The van der Waals surface area contributed by atoms with E-state index in [1.807, 2.05) is 36.4 Å². The maximum absolute atomic E-state index is 12.7. The molecule has 0 heterocycles. The lowest BCUT2D eigenvalue weighted by molar-refractivity contribution is -0.139. The Morgan fingerprint density at radius 2 is 1.88 bits per heavy atom. The highest BCUT2D eigenvalue weighted by Crippen LogP contribution is 2.42. The molecule has 1 unspecified atom stereocenters. The van der Waals surface area contributed by atoms with E-state index >= 15 is 0 Å². The lowest BCUT2D eigenvalue weighted by Crippen LogP contribution is -2.30. The number of amides is 1. The van der Waals surface area contributed by atoms with Crippen molar-refractivity contribution in [3.8, 4) is 5.75 Å². The van der Waals surface area contributed by atoms with E-state index in [0.29, 0.717) is 18.2 Å². The molecule has 1 saturated carbocycles. The fraction of sp³-hybridized carbons (Fsp3) is 0.300. The molecule has 1 amide bonds. The Morgan fingerprint density at radius 3 is 2.56 bits per heavy atom. The van der Waals surface area contributed by atoms with Crippen LogP contribution >= 0.6 is 0 Å². The third kappa shape index (κ3) is 4.83. The van der Waals surface area contributed by atoms with Gasteiger partial charge in [0.1, 0.15) is 5.75 Å². The predicted molar refractivity (Wildman–Crippen MR) is 93.3 cm³/mol. The third-order valence-corrected chi connectivity index (χ3v) is 4.26. The Labute approximate surface area is 146 Å². The van der Waals surface area contributed by atoms with Gasteiger partial charge >= 0.3 is 5.97 Å². The van der Waals surface area contributed by atoms with E-state index < -0.39 is 5.97 Å². The van der Waals surface area contributed by atoms with Crippen molar-refractivity contribution in [2.45, 2.75) is 25.3 Å². The second-order valence-electron chi connectivity index (χ2n) is 6.27. The van der Waals surface area contributed by atoms with Crippen molar-refractivity contribution in [1.29, 1.82) is 0 Å². The van der Waals surface area contributed by atoms with E-state index in [1.54, 1.807) is 18.2 Å². The Bertz CT molecular complexity index is 740. The highest BCUT2D eigenvalue weighted by Gasteiger charge is 2.36. The number of ether oxygens (including phenoxy) is 1. The molecule has 5 heteroatoms. The number of benzene rings is 2. The normalized spacial score (nSPS) is 14.6. The molecule has 1 fully saturated rings. The summed E-state index contributed by atoms with van der Waals surface area (Å²) in [6, 6.07) is 17.0. The van der Waals surface area contributed by atoms with Crippen LogP contribution in [-0.4, -0.2) is 23.6 Å². The Balaban J connectivity index is 1.61. The molecule has 0 aromatic heterocycles. The molecule has 2 aromatic carbocycles. The molecule has 2 N–H and O–H groups in total. The quantitative estimate of drug-likeness (QED) is 0.775. The van der Waals surface area contributed by atoms with Crippen LogP contribution < -0.4 is 10.1 Å². The van der Waals surface area contributed by atoms with Crippen molar-refractivity contribution >= 4 is 11.9 Å². The fourth-order valence-corrected chi connectivity index (χ4v) is 2.92. The van der Waals surface area contributed by atoms with Crippen LogP contribution in [0.5, 0.6) is 5.75 Å². The average molecular weight is 339 g/mol. The molecule has 1 aliphatic carbocycles. The summed E-state index contributed by atoms with van der Waals surface area (Å²) < 4.78 is 5.17. The second kappa shape index (κ2) is 7.83. The molecule has 3 rings (SSSR count). The number of carboxylic acids is 1. The van der Waals surface area contributed by atoms with Crippen LogP contribution in [0.4, 0.5) is 0 Å². The number of carbonyl (C=O) groups is 2. The van der Waals surface area contributed by atoms with Crippen molar-refractivity contribution < 1.29 is 19.4 Å². The van der Waals surface area contributed by atoms with E-state index in [2.05, 4.69) is 5.32 Å². The number of hydrogen-bond acceptors (Lipinski definition) is 3. The van der Waals surface area contributed by atoms with Crippen LogP contribution in [0, 0.1) is 5.92 Å². The van der Waals surface area contributed by atoms with Crippen LogP contribution in [0.1, 0.15) is 29.9 Å². The molecule has 2 aromatic rings. The van der Waals surface area contributed by atoms with E-state index in [-0.39, 0.29) is 18.4 Å². The molecule has 130 valence electrons. The first kappa shape index (κ1) is 17.0. The molecule has 0 spiro atoms. The van der Waals surface area contributed by atoms with Crippen LogP contribution in [0.3, 0.4) is 0 Å². The van der Waals surface area contributed by atoms with Gasteiger partial charge in [-0.15, -0.1) is 0 Å². The summed E-state index contributed by atoms with van der Waals surface area (Å²) in [6.07, 6.45) is 2.18. The van der Waals surface area contributed by atoms with Gasteiger partial charge in [-0.3, -0.25) is 4.79 Å². The van der Waals surface area contributed by atoms with E-state index in [1.165, 1.54) is 0 Å². The Kier molecular flexibility index (Phi) is 5.33. The minimum Gasteiger partial charge on any atom is -0.482 e. The molecular weight excluding hydrogens is 318 g/mol. The zero-order valence-electron chi connectivity index (χ0n) is 13.9. The summed E-state index contributed by atoms with van der Waals surface area (Å²) in [5.74, 6) is -0.185. The van der Waals surface area contributed by atoms with Gasteiger partial charge in [-0.2, -0.15) is 0 Å². The first-order valence-corrected chi connectivity index (χ1v) is 8.39. The minimum absolute atomic E-state index is 0.0329. The molecule has 0 bridgehead atoms. The van der Waals surface area contributed by atoms with Gasteiger partial charge in [0.25, 0.3) is 0 Å². The summed E-state index contributed by atoms with van der Waals surface area (Å²) in [5, 5.41) is 11.7. The first-order valence-electron chi connectivity index (χ1n) is 8.39. The summed E-state index contributed by atoms with van der Waals surface area (Å²) in [5.41, 5.74) is 1.93. The van der Waals surface area contributed by atoms with Gasteiger partial charge in [-0.1, -0.05) is 42.5 Å². The van der Waals surface area contributed by atoms with Crippen molar-refractivity contribution in [3.05, 3.63) is 65.7 Å². The summed E-state index contributed by atoms with van der Waals surface area (Å²) in [7, 11) is 0. The monoisotopic (exact) mass is 339 g/mol. The number of aliphatic carboxylic acids is 1. The number of nitrogens with one attached hydrogen (secondary N) is 1. The van der Waals surface area contributed by atoms with Crippen molar-refractivity contribution in [1.82, 2.24) is 5.32 Å². The van der Waals surface area contributed by atoms with Gasteiger partial charge in [0.15, 0.2) is 6.61 Å². The molecule has 0 saturated heterocycles. The molecule has 5 nitrogen and oxygen atoms in total. The maximum Gasteiger partial charge on any atom is 0.341 e. The zero-order chi connectivity index (χ0) is 17.6. The highest BCUT2D eigenvalue weighted by atomic mass is 16.5. The fourth-order valence-electron chi connectivity index (χ4n) is 2.92. The zero-order valence-corrected chi connectivity index (χ0v) is 13.9. The highest BCUT2D eigenvalue weighted by molar-refractivity contribution is 5.84. The Hall–Kier alpha value is -2.82. The van der Waals surface area contributed by atoms with E-state index in [9.17, 15) is 9.59 Å². The molecule has 1 aliphatic rings. The van der Waals surface area contributed by atoms with Gasteiger partial charge in [0.05, 0.1) is 5.92 Å². The van der Waals surface area contributed by atoms with Gasteiger partial charge < -0.3 is 15.2 Å². The maximum atomic E-state index is 12.7. The summed E-state index contributed by atoms with van der Waals surface area (Å²) in [6.45, 7) is 0.00668. The van der Waals surface area contributed by atoms with Crippen LogP contribution in [0.15, 0.2) is 54.6 Å². The molecular formula is C20H21NO4. The lowest BCUT2D eigenvalue weighted by atomic mass is 9.93. The number of rotatable bonds is 8. The van der Waals surface area contributed by atoms with Gasteiger partial charge in [-0.25, -0.2) is 4.79 Å². The Morgan fingerprint density at radius 1 is 1.12 bits per heavy atom. The molecule has 1 atom stereocenters. The van der Waals surface area contributed by atoms with E-state index in [0.717, 1.165) is 24.0 Å². The first-order chi connectivity index (χ1) is 12.1. The largest absolute Gasteiger partial charge is 0.482 e. The van der Waals surface area contributed by atoms with Gasteiger partial charge in [0, 0.05) is 6.54 Å². The minimum atomic E-state index is -1.02. The van der Waals surface area contributed by atoms with Crippen LogP contribution in [-0.2, 0) is 16.1 Å². The van der Waals surface area contributed by atoms with Crippen molar-refractivity contribution in [2.75, 3.05) is 6.61 Å². The van der Waals surface area contributed by atoms with Crippen molar-refractivity contribution in [3.63, 3.8) is 0 Å². The molecule has 0 aliphatic heterocycles. The molecule has 25 heavy (non-hydrogen) atoms. The number of carboxylic acid groups (broad SMARTS) is 1. The predicted octanol–water partition coefficient (Wildman–Crippen LogP) is 2.96. The van der Waals surface area contributed by atoms with E-state index in [4.69, 9.17) is 9.84 Å². The summed E-state index contributed by atoms with van der Waals surface area (Å²) in [4.78, 5) is 23.2. The smallest absolute Gasteiger partial charge is 0.341 e. The standard InChI is InChI=1S/C20H21NO4/c22-18(23)13-25-17-8-4-5-14(11-17)12-21-20(24)19(16-9-10-16)15-6-2-1-3-7-15/h1-8,11,16,19H,9-10,12-13H2,(H,21,24)(H,22,23). The SMILES string of the molecule is O=C(O)COc1cccc(CNC(=O)C(c2ccccc2)C2CC2)c1. The average Bonchev–Trinajstić information content (AvgIpc) is 3.45.